The van der Waals surface area contributed by atoms with Crippen molar-refractivity contribution < 1.29 is 19.3 Å². The van der Waals surface area contributed by atoms with Crippen LogP contribution in [-0.4, -0.2) is 23.9 Å². The normalized spacial score (nSPS) is 28.1. The molecular formula is C14H19FO3. The van der Waals surface area contributed by atoms with Crippen LogP contribution in [0.1, 0.15) is 31.2 Å². The molecule has 0 aromatic heterocycles. The van der Waals surface area contributed by atoms with Gasteiger partial charge in [0.25, 0.3) is 0 Å². The van der Waals surface area contributed by atoms with Crippen molar-refractivity contribution >= 4 is 0 Å². The predicted molar refractivity (Wildman–Crippen MR) is 65.9 cm³/mol. The van der Waals surface area contributed by atoms with E-state index in [1.165, 1.54) is 13.2 Å². The fraction of sp³-hybridized carbons (Fsp3) is 0.571. The van der Waals surface area contributed by atoms with E-state index < -0.39 is 11.4 Å². The lowest BCUT2D eigenvalue weighted by Gasteiger charge is -2.36. The highest BCUT2D eigenvalue weighted by Gasteiger charge is 2.36. The molecule has 0 spiro atoms. The molecule has 4 heteroatoms. The highest BCUT2D eigenvalue weighted by atomic mass is 19.1. The Kier molecular flexibility index (Phi) is 3.88. The lowest BCUT2D eigenvalue weighted by atomic mass is 9.75. The van der Waals surface area contributed by atoms with Gasteiger partial charge in [0.05, 0.1) is 12.7 Å². The molecule has 0 aliphatic heterocycles. The zero-order valence-electron chi connectivity index (χ0n) is 10.5. The Morgan fingerprint density at radius 3 is 2.61 bits per heavy atom. The average molecular weight is 254 g/mol. The molecule has 0 heterocycles. The summed E-state index contributed by atoms with van der Waals surface area (Å²) in [7, 11) is 1.52. The monoisotopic (exact) mass is 254 g/mol. The Balaban J connectivity index is 2.25. The molecule has 2 N–H and O–H groups in total. The van der Waals surface area contributed by atoms with Crippen molar-refractivity contribution in [2.24, 2.45) is 5.92 Å². The summed E-state index contributed by atoms with van der Waals surface area (Å²) in [4.78, 5) is 0. The van der Waals surface area contributed by atoms with E-state index in [1.807, 2.05) is 0 Å². The van der Waals surface area contributed by atoms with Gasteiger partial charge in [0.1, 0.15) is 11.6 Å². The first-order chi connectivity index (χ1) is 8.59. The molecule has 0 bridgehead atoms. The summed E-state index contributed by atoms with van der Waals surface area (Å²) in [6.45, 7) is 0.136. The summed E-state index contributed by atoms with van der Waals surface area (Å²) in [6.07, 6.45) is 2.37. The molecule has 3 nitrogen and oxygen atoms in total. The standard InChI is InChI=1S/C14H19FO3/c1-18-11-2-3-13(15)12(8-11)14(17)6-4-10(9-16)5-7-14/h2-3,8,10,16-17H,4-7,9H2,1H3/t10-,14+. The van der Waals surface area contributed by atoms with Crippen LogP contribution in [0.15, 0.2) is 18.2 Å². The van der Waals surface area contributed by atoms with Gasteiger partial charge in [0.2, 0.25) is 0 Å². The molecule has 0 saturated heterocycles. The fourth-order valence-corrected chi connectivity index (χ4v) is 2.60. The van der Waals surface area contributed by atoms with E-state index in [2.05, 4.69) is 0 Å². The van der Waals surface area contributed by atoms with E-state index in [0.29, 0.717) is 37.0 Å². The first-order valence-corrected chi connectivity index (χ1v) is 6.26. The van der Waals surface area contributed by atoms with Crippen molar-refractivity contribution in [3.05, 3.63) is 29.6 Å². The van der Waals surface area contributed by atoms with Crippen LogP contribution in [0.25, 0.3) is 0 Å². The second-order valence-corrected chi connectivity index (χ2v) is 5.00. The maximum Gasteiger partial charge on any atom is 0.129 e. The summed E-state index contributed by atoms with van der Waals surface area (Å²) >= 11 is 0. The first kappa shape index (κ1) is 13.3. The Hall–Kier alpha value is -1.13. The summed E-state index contributed by atoms with van der Waals surface area (Å²) in [5.41, 5.74) is -0.831. The van der Waals surface area contributed by atoms with E-state index in [-0.39, 0.29) is 12.5 Å². The average Bonchev–Trinajstić information content (AvgIpc) is 2.40. The number of methoxy groups -OCH3 is 1. The lowest BCUT2D eigenvalue weighted by molar-refractivity contribution is -0.0239. The number of hydrogen-bond acceptors (Lipinski definition) is 3. The summed E-state index contributed by atoms with van der Waals surface area (Å²) in [6, 6.07) is 4.43. The zero-order valence-corrected chi connectivity index (χ0v) is 10.5. The van der Waals surface area contributed by atoms with Crippen LogP contribution in [0.3, 0.4) is 0 Å². The number of benzene rings is 1. The topological polar surface area (TPSA) is 49.7 Å². The van der Waals surface area contributed by atoms with Gasteiger partial charge in [-0.15, -0.1) is 0 Å². The number of rotatable bonds is 3. The Bertz CT molecular complexity index is 412. The quantitative estimate of drug-likeness (QED) is 0.869. The second-order valence-electron chi connectivity index (χ2n) is 5.00. The van der Waals surface area contributed by atoms with Crippen LogP contribution < -0.4 is 4.74 Å². The van der Waals surface area contributed by atoms with Crippen LogP contribution >= 0.6 is 0 Å². The van der Waals surface area contributed by atoms with E-state index in [9.17, 15) is 9.50 Å². The number of ether oxygens (including phenoxy) is 1. The van der Waals surface area contributed by atoms with Gasteiger partial charge >= 0.3 is 0 Å². The van der Waals surface area contributed by atoms with Crippen LogP contribution in [0.4, 0.5) is 4.39 Å². The molecule has 2 rings (SSSR count). The molecule has 1 fully saturated rings. The number of aliphatic hydroxyl groups is 2. The van der Waals surface area contributed by atoms with Crippen molar-refractivity contribution in [2.75, 3.05) is 13.7 Å². The molecule has 0 atom stereocenters. The maximum absolute atomic E-state index is 13.8. The Morgan fingerprint density at radius 1 is 1.39 bits per heavy atom. The molecule has 1 aliphatic carbocycles. The summed E-state index contributed by atoms with van der Waals surface area (Å²) < 4.78 is 18.9. The van der Waals surface area contributed by atoms with Crippen molar-refractivity contribution in [1.29, 1.82) is 0 Å². The molecule has 100 valence electrons. The van der Waals surface area contributed by atoms with Crippen LogP contribution in [-0.2, 0) is 5.60 Å². The predicted octanol–water partition coefficient (Wildman–Crippen LogP) is 2.20. The van der Waals surface area contributed by atoms with Crippen LogP contribution in [0.2, 0.25) is 0 Å². The summed E-state index contributed by atoms with van der Waals surface area (Å²) in [5, 5.41) is 19.7. The van der Waals surface area contributed by atoms with E-state index >= 15 is 0 Å². The maximum atomic E-state index is 13.8. The molecule has 1 aromatic carbocycles. The molecule has 0 amide bonds. The van der Waals surface area contributed by atoms with Crippen LogP contribution in [0, 0.1) is 11.7 Å². The van der Waals surface area contributed by atoms with Crippen LogP contribution in [0.5, 0.6) is 5.75 Å². The van der Waals surface area contributed by atoms with Gasteiger partial charge in [-0.2, -0.15) is 0 Å². The SMILES string of the molecule is COc1ccc(F)c([C@]2(O)CC[C@@H](CO)CC2)c1. The third kappa shape index (κ3) is 2.49. The minimum atomic E-state index is -1.13. The molecule has 0 radical (unpaired) electrons. The second kappa shape index (κ2) is 5.24. The largest absolute Gasteiger partial charge is 0.497 e. The molecule has 1 saturated carbocycles. The van der Waals surface area contributed by atoms with Gasteiger partial charge in [-0.25, -0.2) is 4.39 Å². The third-order valence-corrected chi connectivity index (χ3v) is 3.87. The Morgan fingerprint density at radius 2 is 2.06 bits per heavy atom. The number of aliphatic hydroxyl groups excluding tert-OH is 1. The first-order valence-electron chi connectivity index (χ1n) is 6.26. The highest BCUT2D eigenvalue weighted by molar-refractivity contribution is 5.34. The fourth-order valence-electron chi connectivity index (χ4n) is 2.60. The van der Waals surface area contributed by atoms with Gasteiger partial charge in [0.15, 0.2) is 0 Å². The molecule has 0 unspecified atom stereocenters. The zero-order chi connectivity index (χ0) is 13.2. The van der Waals surface area contributed by atoms with Crippen molar-refractivity contribution in [3.8, 4) is 5.75 Å². The van der Waals surface area contributed by atoms with Gasteiger partial charge in [0, 0.05) is 12.2 Å². The molecule has 1 aliphatic rings. The van der Waals surface area contributed by atoms with Crippen molar-refractivity contribution in [3.63, 3.8) is 0 Å². The van der Waals surface area contributed by atoms with Gasteiger partial charge in [-0.3, -0.25) is 0 Å². The summed E-state index contributed by atoms with van der Waals surface area (Å²) in [5.74, 6) is 0.365. The highest BCUT2D eigenvalue weighted by Crippen LogP contribution is 2.41. The molecule has 18 heavy (non-hydrogen) atoms. The minimum Gasteiger partial charge on any atom is -0.497 e. The van der Waals surface area contributed by atoms with Crippen molar-refractivity contribution in [2.45, 2.75) is 31.3 Å². The van der Waals surface area contributed by atoms with Gasteiger partial charge in [-0.05, 0) is 49.8 Å². The Labute approximate surface area is 106 Å². The smallest absolute Gasteiger partial charge is 0.129 e. The van der Waals surface area contributed by atoms with Crippen molar-refractivity contribution in [1.82, 2.24) is 0 Å². The third-order valence-electron chi connectivity index (χ3n) is 3.87. The molecular weight excluding hydrogens is 235 g/mol. The minimum absolute atomic E-state index is 0.136. The van der Waals surface area contributed by atoms with E-state index in [0.717, 1.165) is 0 Å². The van der Waals surface area contributed by atoms with Gasteiger partial charge in [-0.1, -0.05) is 0 Å². The van der Waals surface area contributed by atoms with E-state index in [1.54, 1.807) is 12.1 Å². The van der Waals surface area contributed by atoms with Gasteiger partial charge < -0.3 is 14.9 Å². The number of halogens is 1. The molecule has 1 aromatic rings. The lowest BCUT2D eigenvalue weighted by Crippen LogP contribution is -2.33. The number of hydrogen-bond donors (Lipinski definition) is 2. The van der Waals surface area contributed by atoms with E-state index in [4.69, 9.17) is 9.84 Å².